The molecule has 3 aromatic heterocycles. The molecule has 5 rings (SSSR count). The predicted molar refractivity (Wildman–Crippen MR) is 134 cm³/mol. The Labute approximate surface area is 204 Å². The Kier molecular flexibility index (Phi) is 6.29. The van der Waals surface area contributed by atoms with Gasteiger partial charge in [-0.05, 0) is 45.4 Å². The topological polar surface area (TPSA) is 72.5 Å². The maximum absolute atomic E-state index is 14.4. The zero-order chi connectivity index (χ0) is 24.6. The monoisotopic (exact) mass is 477 g/mol. The van der Waals surface area contributed by atoms with E-state index in [-0.39, 0.29) is 11.4 Å². The smallest absolute Gasteiger partial charge is 0.158 e. The fraction of sp³-hybridized carbons (Fsp3) is 0.423. The molecular formula is C26H32FN7O. The number of morpholine rings is 1. The number of fused-ring (bicyclic) bond motifs is 1. The van der Waals surface area contributed by atoms with E-state index in [1.54, 1.807) is 18.3 Å². The second kappa shape index (κ2) is 9.39. The van der Waals surface area contributed by atoms with Crippen LogP contribution in [-0.2, 0) is 23.2 Å². The van der Waals surface area contributed by atoms with Crippen molar-refractivity contribution in [3.05, 3.63) is 70.9 Å². The van der Waals surface area contributed by atoms with Crippen LogP contribution in [0.25, 0.3) is 5.65 Å². The van der Waals surface area contributed by atoms with Gasteiger partial charge in [-0.1, -0.05) is 18.2 Å². The second-order valence-electron chi connectivity index (χ2n) is 10.1. The van der Waals surface area contributed by atoms with Gasteiger partial charge in [0.25, 0.3) is 0 Å². The molecule has 1 aromatic carbocycles. The number of anilines is 2. The van der Waals surface area contributed by atoms with Crippen LogP contribution in [0.15, 0.2) is 42.6 Å². The zero-order valence-corrected chi connectivity index (χ0v) is 20.8. The molecule has 184 valence electrons. The molecule has 0 amide bonds. The third kappa shape index (κ3) is 5.06. The SMILES string of the molecule is Cc1cc(Nc2cc(CN3CCOCC3)c3ncc(Cc4ccccc4F)n3n2)n(C(C)(C)C)n1. The maximum Gasteiger partial charge on any atom is 0.158 e. The standard InChI is InChI=1S/C26H32FN7O/c1-18-13-24(34(30-18)26(2,3)4)29-23-15-20(17-32-9-11-35-12-10-32)25-28-16-21(33(25)31-23)14-19-7-5-6-8-22(19)27/h5-8,13,15-16H,9-12,14,17H2,1-4H3,(H,29,31). The van der Waals surface area contributed by atoms with Crippen molar-refractivity contribution < 1.29 is 9.13 Å². The van der Waals surface area contributed by atoms with Crippen molar-refractivity contribution in [2.75, 3.05) is 31.6 Å². The number of benzene rings is 1. The molecule has 1 N–H and O–H groups in total. The Morgan fingerprint density at radius 2 is 1.83 bits per heavy atom. The first-order valence-corrected chi connectivity index (χ1v) is 12.0. The lowest BCUT2D eigenvalue weighted by Gasteiger charge is -2.27. The van der Waals surface area contributed by atoms with E-state index in [9.17, 15) is 4.39 Å². The van der Waals surface area contributed by atoms with Gasteiger partial charge < -0.3 is 10.1 Å². The van der Waals surface area contributed by atoms with E-state index in [0.717, 1.165) is 61.3 Å². The Hall–Kier alpha value is -3.30. The molecule has 0 aliphatic carbocycles. The minimum atomic E-state index is -0.227. The largest absolute Gasteiger partial charge is 0.379 e. The summed E-state index contributed by atoms with van der Waals surface area (Å²) >= 11 is 0. The molecule has 1 saturated heterocycles. The number of nitrogens with zero attached hydrogens (tertiary/aromatic N) is 6. The predicted octanol–water partition coefficient (Wildman–Crippen LogP) is 4.29. The number of nitrogens with one attached hydrogen (secondary N) is 1. The van der Waals surface area contributed by atoms with Crippen LogP contribution < -0.4 is 5.32 Å². The second-order valence-corrected chi connectivity index (χ2v) is 10.1. The molecule has 4 heterocycles. The summed E-state index contributed by atoms with van der Waals surface area (Å²) in [7, 11) is 0. The van der Waals surface area contributed by atoms with Crippen LogP contribution in [0.1, 0.15) is 43.3 Å². The number of aromatic nitrogens is 5. The van der Waals surface area contributed by atoms with Crippen LogP contribution in [0, 0.1) is 12.7 Å². The molecule has 35 heavy (non-hydrogen) atoms. The number of rotatable bonds is 6. The Balaban J connectivity index is 1.56. The number of halogens is 1. The van der Waals surface area contributed by atoms with Crippen molar-refractivity contribution in [1.82, 2.24) is 29.3 Å². The van der Waals surface area contributed by atoms with Gasteiger partial charge in [0.2, 0.25) is 0 Å². The fourth-order valence-electron chi connectivity index (χ4n) is 4.44. The molecule has 0 radical (unpaired) electrons. The first-order valence-electron chi connectivity index (χ1n) is 12.0. The molecule has 8 nitrogen and oxygen atoms in total. The summed E-state index contributed by atoms with van der Waals surface area (Å²) in [4.78, 5) is 7.05. The van der Waals surface area contributed by atoms with Crippen LogP contribution in [-0.4, -0.2) is 55.6 Å². The third-order valence-corrected chi connectivity index (χ3v) is 6.16. The summed E-state index contributed by atoms with van der Waals surface area (Å²) in [6.45, 7) is 12.3. The van der Waals surface area contributed by atoms with E-state index in [4.69, 9.17) is 14.8 Å². The van der Waals surface area contributed by atoms with Crippen molar-refractivity contribution in [3.8, 4) is 0 Å². The normalized spacial score (nSPS) is 15.1. The third-order valence-electron chi connectivity index (χ3n) is 6.16. The van der Waals surface area contributed by atoms with Gasteiger partial charge in [-0.25, -0.2) is 18.6 Å². The highest BCUT2D eigenvalue weighted by atomic mass is 19.1. The van der Waals surface area contributed by atoms with Gasteiger partial charge in [0.05, 0.1) is 36.3 Å². The van der Waals surface area contributed by atoms with Crippen LogP contribution in [0.2, 0.25) is 0 Å². The zero-order valence-electron chi connectivity index (χ0n) is 20.8. The van der Waals surface area contributed by atoms with E-state index in [1.165, 1.54) is 6.07 Å². The van der Waals surface area contributed by atoms with E-state index in [2.05, 4.69) is 42.2 Å². The lowest BCUT2D eigenvalue weighted by molar-refractivity contribution is 0.0343. The van der Waals surface area contributed by atoms with Gasteiger partial charge in [-0.2, -0.15) is 5.10 Å². The molecule has 0 bridgehead atoms. The van der Waals surface area contributed by atoms with Crippen LogP contribution >= 0.6 is 0 Å². The summed E-state index contributed by atoms with van der Waals surface area (Å²) in [5.74, 6) is 1.34. The summed E-state index contributed by atoms with van der Waals surface area (Å²) in [6.07, 6.45) is 2.20. The minimum Gasteiger partial charge on any atom is -0.379 e. The first kappa shape index (κ1) is 23.4. The molecular weight excluding hydrogens is 445 g/mol. The maximum atomic E-state index is 14.4. The Morgan fingerprint density at radius 1 is 1.06 bits per heavy atom. The molecule has 1 aliphatic rings. The average Bonchev–Trinajstić information content (AvgIpc) is 3.39. The van der Waals surface area contributed by atoms with Crippen LogP contribution in [0.4, 0.5) is 16.0 Å². The molecule has 0 atom stereocenters. The summed E-state index contributed by atoms with van der Waals surface area (Å²) in [6, 6.07) is 10.9. The van der Waals surface area contributed by atoms with Crippen LogP contribution in [0.5, 0.6) is 0 Å². The summed E-state index contributed by atoms with van der Waals surface area (Å²) in [5, 5.41) is 13.0. The van der Waals surface area contributed by atoms with Gasteiger partial charge >= 0.3 is 0 Å². The molecule has 1 fully saturated rings. The fourth-order valence-corrected chi connectivity index (χ4v) is 4.44. The van der Waals surface area contributed by atoms with Gasteiger partial charge in [-0.3, -0.25) is 4.90 Å². The van der Waals surface area contributed by atoms with E-state index < -0.39 is 0 Å². The lowest BCUT2D eigenvalue weighted by atomic mass is 10.1. The quantitative estimate of drug-likeness (QED) is 0.447. The molecule has 9 heteroatoms. The van der Waals surface area contributed by atoms with Crippen molar-refractivity contribution in [1.29, 1.82) is 0 Å². The number of aryl methyl sites for hydroxylation is 1. The Bertz CT molecular complexity index is 1330. The van der Waals surface area contributed by atoms with E-state index in [0.29, 0.717) is 17.8 Å². The molecule has 4 aromatic rings. The summed E-state index contributed by atoms with van der Waals surface area (Å²) in [5.41, 5.74) is 4.03. The number of hydrogen-bond acceptors (Lipinski definition) is 6. The van der Waals surface area contributed by atoms with Crippen LogP contribution in [0.3, 0.4) is 0 Å². The van der Waals surface area contributed by atoms with Crippen molar-refractivity contribution >= 4 is 17.3 Å². The molecule has 0 spiro atoms. The highest BCUT2D eigenvalue weighted by Crippen LogP contribution is 2.26. The summed E-state index contributed by atoms with van der Waals surface area (Å²) < 4.78 is 23.7. The number of imidazole rings is 1. The molecule has 0 unspecified atom stereocenters. The lowest BCUT2D eigenvalue weighted by Crippen LogP contribution is -2.35. The molecule has 0 saturated carbocycles. The van der Waals surface area contributed by atoms with Crippen molar-refractivity contribution in [3.63, 3.8) is 0 Å². The molecule has 1 aliphatic heterocycles. The van der Waals surface area contributed by atoms with E-state index in [1.807, 2.05) is 28.3 Å². The first-order chi connectivity index (χ1) is 16.8. The van der Waals surface area contributed by atoms with Gasteiger partial charge in [0.1, 0.15) is 11.6 Å². The highest BCUT2D eigenvalue weighted by Gasteiger charge is 2.21. The number of hydrogen-bond donors (Lipinski definition) is 1. The van der Waals surface area contributed by atoms with Gasteiger partial charge in [0, 0.05) is 37.7 Å². The van der Waals surface area contributed by atoms with Crippen molar-refractivity contribution in [2.45, 2.75) is 46.2 Å². The minimum absolute atomic E-state index is 0.192. The van der Waals surface area contributed by atoms with Gasteiger partial charge in [-0.15, -0.1) is 5.10 Å². The highest BCUT2D eigenvalue weighted by molar-refractivity contribution is 5.59. The van der Waals surface area contributed by atoms with E-state index >= 15 is 0 Å². The average molecular weight is 478 g/mol. The Morgan fingerprint density at radius 3 is 2.57 bits per heavy atom. The van der Waals surface area contributed by atoms with Crippen molar-refractivity contribution in [2.24, 2.45) is 0 Å². The number of ether oxygens (including phenoxy) is 1. The van der Waals surface area contributed by atoms with Gasteiger partial charge in [0.15, 0.2) is 11.5 Å².